The summed E-state index contributed by atoms with van der Waals surface area (Å²) >= 11 is 0. The molecule has 0 unspecified atom stereocenters. The van der Waals surface area contributed by atoms with Gasteiger partial charge in [0.25, 0.3) is 0 Å². The lowest BCUT2D eigenvalue weighted by atomic mass is 10.0. The molecule has 16 heavy (non-hydrogen) atoms. The first-order chi connectivity index (χ1) is 7.84. The third-order valence-corrected chi connectivity index (χ3v) is 3.15. The number of aromatic nitrogens is 5. The van der Waals surface area contributed by atoms with Gasteiger partial charge in [-0.05, 0) is 48.7 Å². The molecule has 0 radical (unpaired) electrons. The maximum absolute atomic E-state index is 4.42. The van der Waals surface area contributed by atoms with Gasteiger partial charge in [-0.3, -0.25) is 0 Å². The Labute approximate surface area is 93.2 Å². The minimum Gasteiger partial charge on any atom is -0.352 e. The molecule has 3 heterocycles. The van der Waals surface area contributed by atoms with Gasteiger partial charge in [0.05, 0.1) is 0 Å². The highest BCUT2D eigenvalue weighted by molar-refractivity contribution is 5.45. The fourth-order valence-corrected chi connectivity index (χ4v) is 2.23. The molecule has 0 amide bonds. The van der Waals surface area contributed by atoms with Gasteiger partial charge in [-0.2, -0.15) is 0 Å². The summed E-state index contributed by atoms with van der Waals surface area (Å²) in [5.74, 6) is 0.965. The Morgan fingerprint density at radius 2 is 2.25 bits per heavy atom. The topological polar surface area (TPSA) is 59.2 Å². The Balaban J connectivity index is 1.97. The molecule has 0 aliphatic carbocycles. The molecule has 3 rings (SSSR count). The fraction of sp³-hybridized carbons (Fsp3) is 0.600. The molecule has 1 atom stereocenters. The Morgan fingerprint density at radius 3 is 3.12 bits per heavy atom. The summed E-state index contributed by atoms with van der Waals surface area (Å²) in [4.78, 5) is 2.32. The molecule has 2 aromatic heterocycles. The Hall–Kier alpha value is -1.72. The van der Waals surface area contributed by atoms with Crippen LogP contribution in [0.4, 0.5) is 5.82 Å². The van der Waals surface area contributed by atoms with Gasteiger partial charge in [0.2, 0.25) is 0 Å². The van der Waals surface area contributed by atoms with Crippen LogP contribution < -0.4 is 4.90 Å². The lowest BCUT2D eigenvalue weighted by molar-refractivity contribution is 0.478. The van der Waals surface area contributed by atoms with Crippen LogP contribution in [0.15, 0.2) is 12.1 Å². The quantitative estimate of drug-likeness (QED) is 0.711. The van der Waals surface area contributed by atoms with Gasteiger partial charge < -0.3 is 4.90 Å². The number of fused-ring (bicyclic) bond motifs is 1. The summed E-state index contributed by atoms with van der Waals surface area (Å²) in [6.07, 6.45) is 3.78. The van der Waals surface area contributed by atoms with E-state index in [9.17, 15) is 0 Å². The van der Waals surface area contributed by atoms with Crippen LogP contribution in [0.5, 0.6) is 0 Å². The first-order valence-electron chi connectivity index (χ1n) is 5.67. The Bertz CT molecular complexity index is 493. The predicted molar refractivity (Wildman–Crippen MR) is 59.2 cm³/mol. The highest BCUT2D eigenvalue weighted by atomic mass is 15.6. The lowest BCUT2D eigenvalue weighted by Crippen LogP contribution is -2.38. The van der Waals surface area contributed by atoms with E-state index in [-0.39, 0.29) is 0 Å². The fourth-order valence-electron chi connectivity index (χ4n) is 2.23. The zero-order valence-corrected chi connectivity index (χ0v) is 9.24. The molecule has 1 aliphatic rings. The van der Waals surface area contributed by atoms with E-state index in [1.807, 2.05) is 12.1 Å². The van der Waals surface area contributed by atoms with E-state index in [2.05, 4.69) is 32.4 Å². The smallest absolute Gasteiger partial charge is 0.200 e. The predicted octanol–water partition coefficient (Wildman–Crippen LogP) is 0.898. The molecule has 6 heteroatoms. The zero-order valence-electron chi connectivity index (χ0n) is 9.24. The summed E-state index contributed by atoms with van der Waals surface area (Å²) in [5, 5.41) is 15.7. The molecular weight excluding hydrogens is 204 g/mol. The van der Waals surface area contributed by atoms with E-state index in [1.165, 1.54) is 23.9 Å². The number of piperidine rings is 1. The second-order valence-electron chi connectivity index (χ2n) is 4.26. The average molecular weight is 218 g/mol. The molecule has 0 aromatic carbocycles. The highest BCUT2D eigenvalue weighted by Gasteiger charge is 2.20. The van der Waals surface area contributed by atoms with Crippen molar-refractivity contribution in [1.29, 1.82) is 0 Å². The van der Waals surface area contributed by atoms with Crippen molar-refractivity contribution in [2.75, 3.05) is 11.4 Å². The monoisotopic (exact) mass is 218 g/mol. The lowest BCUT2D eigenvalue weighted by Gasteiger charge is -2.33. The molecule has 1 fully saturated rings. The van der Waals surface area contributed by atoms with Gasteiger partial charge in [0.1, 0.15) is 0 Å². The van der Waals surface area contributed by atoms with E-state index in [1.54, 1.807) is 0 Å². The minimum atomic E-state index is 0.551. The number of nitrogens with zero attached hydrogens (tertiary/aromatic N) is 6. The number of rotatable bonds is 1. The molecule has 6 nitrogen and oxygen atoms in total. The van der Waals surface area contributed by atoms with Crippen molar-refractivity contribution in [1.82, 2.24) is 25.3 Å². The van der Waals surface area contributed by atoms with Crippen molar-refractivity contribution in [3.8, 4) is 0 Å². The van der Waals surface area contributed by atoms with Crippen LogP contribution in [-0.4, -0.2) is 37.8 Å². The Morgan fingerprint density at radius 1 is 1.31 bits per heavy atom. The van der Waals surface area contributed by atoms with Crippen molar-refractivity contribution >= 4 is 11.5 Å². The normalized spacial score (nSPS) is 21.6. The van der Waals surface area contributed by atoms with Crippen molar-refractivity contribution in [2.45, 2.75) is 32.2 Å². The summed E-state index contributed by atoms with van der Waals surface area (Å²) in [6, 6.07) is 4.45. The standard InChI is InChI=1S/C10H14N6/c1-8-4-2-3-7-15(8)10-6-5-9-11-13-14-16(9)12-10/h5-6,8H,2-4,7H2,1H3/t8-/m0/s1. The average Bonchev–Trinajstić information content (AvgIpc) is 2.76. The molecule has 84 valence electrons. The van der Waals surface area contributed by atoms with E-state index in [0.29, 0.717) is 11.7 Å². The molecular formula is C10H14N6. The molecule has 2 aromatic rings. The minimum absolute atomic E-state index is 0.551. The first kappa shape index (κ1) is 9.50. The first-order valence-corrected chi connectivity index (χ1v) is 5.67. The van der Waals surface area contributed by atoms with Crippen LogP contribution in [0.3, 0.4) is 0 Å². The zero-order chi connectivity index (χ0) is 11.0. The third kappa shape index (κ3) is 1.50. The van der Waals surface area contributed by atoms with Crippen molar-refractivity contribution < 1.29 is 0 Å². The molecule has 1 aliphatic heterocycles. The van der Waals surface area contributed by atoms with E-state index >= 15 is 0 Å². The summed E-state index contributed by atoms with van der Waals surface area (Å²) in [6.45, 7) is 3.31. The van der Waals surface area contributed by atoms with Crippen molar-refractivity contribution in [3.05, 3.63) is 12.1 Å². The highest BCUT2D eigenvalue weighted by Crippen LogP contribution is 2.22. The van der Waals surface area contributed by atoms with Crippen molar-refractivity contribution in [2.24, 2.45) is 0 Å². The van der Waals surface area contributed by atoms with Crippen LogP contribution >= 0.6 is 0 Å². The van der Waals surface area contributed by atoms with Crippen LogP contribution in [-0.2, 0) is 0 Å². The Kier molecular flexibility index (Phi) is 2.19. The van der Waals surface area contributed by atoms with E-state index < -0.39 is 0 Å². The van der Waals surface area contributed by atoms with E-state index in [4.69, 9.17) is 0 Å². The maximum atomic E-state index is 4.42. The molecule has 0 saturated carbocycles. The van der Waals surface area contributed by atoms with Crippen LogP contribution in [0.1, 0.15) is 26.2 Å². The molecule has 0 bridgehead atoms. The number of hydrogen-bond donors (Lipinski definition) is 0. The summed E-state index contributed by atoms with van der Waals surface area (Å²) < 4.78 is 1.48. The van der Waals surface area contributed by atoms with Gasteiger partial charge in [-0.1, -0.05) is 0 Å². The second-order valence-corrected chi connectivity index (χ2v) is 4.26. The van der Waals surface area contributed by atoms with Crippen LogP contribution in [0.25, 0.3) is 5.65 Å². The molecule has 0 spiro atoms. The number of hydrogen-bond acceptors (Lipinski definition) is 5. The summed E-state index contributed by atoms with van der Waals surface area (Å²) in [5.41, 5.74) is 0.688. The maximum Gasteiger partial charge on any atom is 0.200 e. The molecule has 0 N–H and O–H groups in total. The van der Waals surface area contributed by atoms with Gasteiger partial charge in [0.15, 0.2) is 11.5 Å². The second kappa shape index (κ2) is 3.70. The third-order valence-electron chi connectivity index (χ3n) is 3.15. The number of tetrazole rings is 1. The van der Waals surface area contributed by atoms with Gasteiger partial charge in [-0.15, -0.1) is 14.8 Å². The van der Waals surface area contributed by atoms with Crippen molar-refractivity contribution in [3.63, 3.8) is 0 Å². The molecule has 1 saturated heterocycles. The SMILES string of the molecule is C[C@H]1CCCCN1c1ccc2nnnn2n1. The van der Waals surface area contributed by atoms with Crippen LogP contribution in [0.2, 0.25) is 0 Å². The largest absolute Gasteiger partial charge is 0.352 e. The van der Waals surface area contributed by atoms with Gasteiger partial charge in [0, 0.05) is 12.6 Å². The van der Waals surface area contributed by atoms with Gasteiger partial charge >= 0.3 is 0 Å². The summed E-state index contributed by atoms with van der Waals surface area (Å²) in [7, 11) is 0. The van der Waals surface area contributed by atoms with Crippen LogP contribution in [0, 0.1) is 0 Å². The van der Waals surface area contributed by atoms with Gasteiger partial charge in [-0.25, -0.2) is 0 Å². The number of anilines is 1. The van der Waals surface area contributed by atoms with E-state index in [0.717, 1.165) is 12.4 Å².